The van der Waals surface area contributed by atoms with Crippen molar-refractivity contribution in [3.63, 3.8) is 0 Å². The van der Waals surface area contributed by atoms with Crippen molar-refractivity contribution in [2.45, 2.75) is 64.5 Å². The number of carbonyl (C=O) groups excluding carboxylic acids is 1. The van der Waals surface area contributed by atoms with Gasteiger partial charge in [-0.2, -0.15) is 0 Å². The predicted molar refractivity (Wildman–Crippen MR) is 92.0 cm³/mol. The van der Waals surface area contributed by atoms with Gasteiger partial charge in [-0.1, -0.05) is 43.7 Å². The molecular weight excluding hydrogens is 272 g/mol. The number of nitrogens with zero attached hydrogens (tertiary/aromatic N) is 1. The summed E-state index contributed by atoms with van der Waals surface area (Å²) in [6.45, 7) is 8.81. The minimum absolute atomic E-state index is 0.00525. The third-order valence-corrected chi connectivity index (χ3v) is 4.70. The van der Waals surface area contributed by atoms with Gasteiger partial charge < -0.3 is 10.2 Å². The maximum atomic E-state index is 12.7. The van der Waals surface area contributed by atoms with Crippen LogP contribution in [-0.4, -0.2) is 36.0 Å². The highest BCUT2D eigenvalue weighted by Gasteiger charge is 2.25. The third-order valence-electron chi connectivity index (χ3n) is 4.70. The molecule has 1 saturated heterocycles. The molecule has 1 heterocycles. The summed E-state index contributed by atoms with van der Waals surface area (Å²) in [5.74, 6) is 0.199. The Kier molecular flexibility index (Phi) is 6.44. The molecular formula is C19H30N2O. The van der Waals surface area contributed by atoms with Gasteiger partial charge in [0.15, 0.2) is 0 Å². The van der Waals surface area contributed by atoms with Gasteiger partial charge in [0.2, 0.25) is 5.91 Å². The molecule has 1 atom stereocenters. The van der Waals surface area contributed by atoms with Gasteiger partial charge in [0.1, 0.15) is 0 Å². The van der Waals surface area contributed by atoms with Gasteiger partial charge in [-0.3, -0.25) is 4.79 Å². The van der Waals surface area contributed by atoms with Gasteiger partial charge in [-0.05, 0) is 38.7 Å². The highest BCUT2D eigenvalue weighted by molar-refractivity contribution is 5.83. The molecule has 3 heteroatoms. The monoisotopic (exact) mass is 302 g/mol. The van der Waals surface area contributed by atoms with Crippen LogP contribution in [0.4, 0.5) is 0 Å². The van der Waals surface area contributed by atoms with Crippen molar-refractivity contribution in [2.24, 2.45) is 0 Å². The Morgan fingerprint density at radius 3 is 2.41 bits per heavy atom. The Morgan fingerprint density at radius 1 is 1.23 bits per heavy atom. The Labute approximate surface area is 135 Å². The van der Waals surface area contributed by atoms with Crippen LogP contribution in [0.3, 0.4) is 0 Å². The molecule has 0 bridgehead atoms. The fraction of sp³-hybridized carbons (Fsp3) is 0.632. The number of carbonyl (C=O) groups is 1. The lowest BCUT2D eigenvalue weighted by molar-refractivity contribution is -0.123. The second kappa shape index (κ2) is 8.33. The quantitative estimate of drug-likeness (QED) is 0.871. The lowest BCUT2D eigenvalue weighted by Gasteiger charge is -2.35. The molecule has 0 unspecified atom stereocenters. The second-order valence-electron chi connectivity index (χ2n) is 6.66. The number of rotatable bonds is 6. The highest BCUT2D eigenvalue weighted by atomic mass is 16.1. The van der Waals surface area contributed by atoms with Gasteiger partial charge >= 0.3 is 0 Å². The van der Waals surface area contributed by atoms with E-state index in [1.165, 1.54) is 0 Å². The Bertz CT molecular complexity index is 450. The first-order valence-corrected chi connectivity index (χ1v) is 8.71. The van der Waals surface area contributed by atoms with E-state index in [0.717, 1.165) is 44.3 Å². The summed E-state index contributed by atoms with van der Waals surface area (Å²) < 4.78 is 0. The molecule has 122 valence electrons. The summed E-state index contributed by atoms with van der Waals surface area (Å²) in [6.07, 6.45) is 4.08. The van der Waals surface area contributed by atoms with Crippen LogP contribution in [0.2, 0.25) is 0 Å². The van der Waals surface area contributed by atoms with E-state index >= 15 is 0 Å². The molecule has 0 spiro atoms. The third kappa shape index (κ3) is 4.57. The summed E-state index contributed by atoms with van der Waals surface area (Å²) in [5.41, 5.74) is 1.14. The first-order valence-electron chi connectivity index (χ1n) is 8.71. The molecule has 2 rings (SSSR count). The standard InChI is InChI=1S/C19H30N2O/c1-4-8-18(16-9-6-5-7-10-16)19(22)20-17-11-13-21(14-12-17)15(2)3/h5-7,9-10,15,17-18H,4,8,11-14H2,1-3H3,(H,20,22)/t18-/m1/s1. The van der Waals surface area contributed by atoms with E-state index in [4.69, 9.17) is 0 Å². The molecule has 0 radical (unpaired) electrons. The lowest BCUT2D eigenvalue weighted by Crippen LogP contribution is -2.47. The highest BCUT2D eigenvalue weighted by Crippen LogP contribution is 2.22. The Morgan fingerprint density at radius 2 is 1.86 bits per heavy atom. The fourth-order valence-electron chi connectivity index (χ4n) is 3.29. The lowest BCUT2D eigenvalue weighted by atomic mass is 9.92. The van der Waals surface area contributed by atoms with Gasteiger partial charge in [0, 0.05) is 25.2 Å². The van der Waals surface area contributed by atoms with Crippen molar-refractivity contribution < 1.29 is 4.79 Å². The number of hydrogen-bond donors (Lipinski definition) is 1. The molecule has 1 aliphatic rings. The van der Waals surface area contributed by atoms with Crippen molar-refractivity contribution >= 4 is 5.91 Å². The minimum atomic E-state index is -0.00525. The zero-order valence-electron chi connectivity index (χ0n) is 14.2. The summed E-state index contributed by atoms with van der Waals surface area (Å²) in [5, 5.41) is 3.30. The molecule has 22 heavy (non-hydrogen) atoms. The average Bonchev–Trinajstić information content (AvgIpc) is 2.53. The van der Waals surface area contributed by atoms with Crippen LogP contribution in [0.15, 0.2) is 30.3 Å². The van der Waals surface area contributed by atoms with Gasteiger partial charge in [0.05, 0.1) is 5.92 Å². The van der Waals surface area contributed by atoms with E-state index in [0.29, 0.717) is 12.1 Å². The molecule has 1 aliphatic heterocycles. The minimum Gasteiger partial charge on any atom is -0.353 e. The van der Waals surface area contributed by atoms with E-state index in [9.17, 15) is 4.79 Å². The largest absolute Gasteiger partial charge is 0.353 e. The second-order valence-corrected chi connectivity index (χ2v) is 6.66. The molecule has 0 aromatic heterocycles. The van der Waals surface area contributed by atoms with Crippen LogP contribution in [0.1, 0.15) is 57.9 Å². The fourth-order valence-corrected chi connectivity index (χ4v) is 3.29. The van der Waals surface area contributed by atoms with E-state index in [-0.39, 0.29) is 11.8 Å². The van der Waals surface area contributed by atoms with Crippen molar-refractivity contribution in [1.82, 2.24) is 10.2 Å². The van der Waals surface area contributed by atoms with Crippen LogP contribution in [0, 0.1) is 0 Å². The topological polar surface area (TPSA) is 32.3 Å². The van der Waals surface area contributed by atoms with E-state index in [1.807, 2.05) is 18.2 Å². The first kappa shape index (κ1) is 17.0. The molecule has 1 N–H and O–H groups in total. The van der Waals surface area contributed by atoms with Crippen LogP contribution >= 0.6 is 0 Å². The van der Waals surface area contributed by atoms with E-state index < -0.39 is 0 Å². The number of likely N-dealkylation sites (tertiary alicyclic amines) is 1. The van der Waals surface area contributed by atoms with Gasteiger partial charge in [-0.15, -0.1) is 0 Å². The molecule has 1 fully saturated rings. The van der Waals surface area contributed by atoms with Gasteiger partial charge in [0.25, 0.3) is 0 Å². The first-order chi connectivity index (χ1) is 10.6. The summed E-state index contributed by atoms with van der Waals surface area (Å²) in [7, 11) is 0. The zero-order chi connectivity index (χ0) is 15.9. The molecule has 0 aliphatic carbocycles. The molecule has 1 aromatic rings. The van der Waals surface area contributed by atoms with E-state index in [2.05, 4.69) is 43.1 Å². The summed E-state index contributed by atoms with van der Waals surface area (Å²) in [6, 6.07) is 11.1. The number of amides is 1. The summed E-state index contributed by atoms with van der Waals surface area (Å²) in [4.78, 5) is 15.2. The number of hydrogen-bond acceptors (Lipinski definition) is 2. The van der Waals surface area contributed by atoms with Crippen LogP contribution in [0.5, 0.6) is 0 Å². The number of piperidine rings is 1. The van der Waals surface area contributed by atoms with Crippen molar-refractivity contribution in [3.05, 3.63) is 35.9 Å². The molecule has 3 nitrogen and oxygen atoms in total. The van der Waals surface area contributed by atoms with Crippen molar-refractivity contribution in [1.29, 1.82) is 0 Å². The Hall–Kier alpha value is -1.35. The smallest absolute Gasteiger partial charge is 0.227 e. The summed E-state index contributed by atoms with van der Waals surface area (Å²) >= 11 is 0. The van der Waals surface area contributed by atoms with Crippen LogP contribution < -0.4 is 5.32 Å². The van der Waals surface area contributed by atoms with Crippen molar-refractivity contribution in [3.8, 4) is 0 Å². The predicted octanol–water partition coefficient (Wildman–Crippen LogP) is 3.56. The Balaban J connectivity index is 1.92. The van der Waals surface area contributed by atoms with Crippen LogP contribution in [0.25, 0.3) is 0 Å². The molecule has 0 saturated carbocycles. The van der Waals surface area contributed by atoms with Gasteiger partial charge in [-0.25, -0.2) is 0 Å². The van der Waals surface area contributed by atoms with E-state index in [1.54, 1.807) is 0 Å². The maximum absolute atomic E-state index is 12.7. The number of nitrogens with one attached hydrogen (secondary N) is 1. The maximum Gasteiger partial charge on any atom is 0.227 e. The van der Waals surface area contributed by atoms with Crippen LogP contribution in [-0.2, 0) is 4.79 Å². The SMILES string of the molecule is CCC[C@@H](C(=O)NC1CCN(C(C)C)CC1)c1ccccc1. The average molecular weight is 302 g/mol. The number of benzene rings is 1. The molecule has 1 amide bonds. The normalized spacial score (nSPS) is 18.4. The van der Waals surface area contributed by atoms with Crippen molar-refractivity contribution in [2.75, 3.05) is 13.1 Å². The zero-order valence-corrected chi connectivity index (χ0v) is 14.2. The molecule has 1 aromatic carbocycles.